The van der Waals surface area contributed by atoms with Crippen LogP contribution in [-0.2, 0) is 19.7 Å². The van der Waals surface area contributed by atoms with Crippen molar-refractivity contribution in [1.82, 2.24) is 10.2 Å². The molecule has 0 spiro atoms. The van der Waals surface area contributed by atoms with Crippen molar-refractivity contribution in [2.45, 2.75) is 33.5 Å². The first-order valence-corrected chi connectivity index (χ1v) is 8.90. The molecular weight excluding hydrogens is 308 g/mol. The molecule has 0 saturated heterocycles. The second-order valence-corrected chi connectivity index (χ2v) is 6.59. The zero-order chi connectivity index (χ0) is 16.2. The molecule has 122 valence electrons. The van der Waals surface area contributed by atoms with Gasteiger partial charge in [0.1, 0.15) is 12.4 Å². The summed E-state index contributed by atoms with van der Waals surface area (Å²) in [4.78, 5) is 15.1. The van der Waals surface area contributed by atoms with E-state index in [1.165, 1.54) is 5.56 Å². The summed E-state index contributed by atoms with van der Waals surface area (Å²) in [5, 5.41) is 4.77. The number of benzene rings is 1. The van der Waals surface area contributed by atoms with Gasteiger partial charge in [-0.15, -0.1) is 11.3 Å². The van der Waals surface area contributed by atoms with Gasteiger partial charge in [0.25, 0.3) is 5.91 Å². The Morgan fingerprint density at radius 2 is 1.96 bits per heavy atom. The topological polar surface area (TPSA) is 41.6 Å². The lowest BCUT2D eigenvalue weighted by Gasteiger charge is -2.18. The number of carbonyl (C=O) groups is 1. The molecule has 1 N–H and O–H groups in total. The number of fused-ring (bicyclic) bond motifs is 1. The van der Waals surface area contributed by atoms with Crippen LogP contribution in [0.3, 0.4) is 0 Å². The Balaban J connectivity index is 1.59. The van der Waals surface area contributed by atoms with Crippen LogP contribution < -0.4 is 10.1 Å². The molecule has 3 rings (SSSR count). The maximum absolute atomic E-state index is 11.6. The van der Waals surface area contributed by atoms with Crippen molar-refractivity contribution < 1.29 is 9.53 Å². The summed E-state index contributed by atoms with van der Waals surface area (Å²) < 4.78 is 5.88. The number of hydrogen-bond donors (Lipinski definition) is 1. The third kappa shape index (κ3) is 3.57. The Morgan fingerprint density at radius 3 is 2.65 bits per heavy atom. The molecule has 1 aromatic heterocycles. The molecule has 0 atom stereocenters. The van der Waals surface area contributed by atoms with Crippen molar-refractivity contribution in [1.29, 1.82) is 0 Å². The Hall–Kier alpha value is -1.85. The second-order valence-electron chi connectivity index (χ2n) is 5.63. The van der Waals surface area contributed by atoms with Gasteiger partial charge in [-0.25, -0.2) is 0 Å². The molecule has 0 radical (unpaired) electrons. The predicted octanol–water partition coefficient (Wildman–Crippen LogP) is 3.41. The monoisotopic (exact) mass is 330 g/mol. The lowest BCUT2D eigenvalue weighted by Crippen LogP contribution is -2.21. The van der Waals surface area contributed by atoms with Crippen molar-refractivity contribution in [2.75, 3.05) is 13.1 Å². The van der Waals surface area contributed by atoms with Gasteiger partial charge in [-0.05, 0) is 30.8 Å². The molecule has 2 heterocycles. The number of rotatable bonds is 7. The van der Waals surface area contributed by atoms with E-state index in [1.54, 1.807) is 11.3 Å². The Labute approximate surface area is 141 Å². The van der Waals surface area contributed by atoms with E-state index < -0.39 is 0 Å². The van der Waals surface area contributed by atoms with Crippen molar-refractivity contribution in [3.05, 3.63) is 51.2 Å². The maximum Gasteiger partial charge on any atom is 0.252 e. The highest BCUT2D eigenvalue weighted by Gasteiger charge is 2.23. The van der Waals surface area contributed by atoms with E-state index in [0.717, 1.165) is 41.4 Å². The van der Waals surface area contributed by atoms with Gasteiger partial charge in [0.15, 0.2) is 0 Å². The third-order valence-corrected chi connectivity index (χ3v) is 5.25. The number of ether oxygens (including phenoxy) is 1. The summed E-state index contributed by atoms with van der Waals surface area (Å²) in [6.45, 7) is 8.60. The summed E-state index contributed by atoms with van der Waals surface area (Å²) in [5.41, 5.74) is 3.20. The molecule has 0 fully saturated rings. The first-order chi connectivity index (χ1) is 11.2. The van der Waals surface area contributed by atoms with Gasteiger partial charge in [0.2, 0.25) is 0 Å². The fraction of sp³-hybridized carbons (Fsp3) is 0.389. The maximum atomic E-state index is 11.6. The molecule has 0 saturated carbocycles. The summed E-state index contributed by atoms with van der Waals surface area (Å²) >= 11 is 1.60. The largest absolute Gasteiger partial charge is 0.488 e. The molecule has 4 nitrogen and oxygen atoms in total. The summed E-state index contributed by atoms with van der Waals surface area (Å²) in [6.07, 6.45) is 0. The smallest absolute Gasteiger partial charge is 0.252 e. The number of carbonyl (C=O) groups excluding carboxylic acids is 1. The van der Waals surface area contributed by atoms with Crippen molar-refractivity contribution >= 4 is 17.2 Å². The van der Waals surface area contributed by atoms with E-state index in [9.17, 15) is 4.79 Å². The van der Waals surface area contributed by atoms with Crippen molar-refractivity contribution in [3.8, 4) is 5.75 Å². The minimum absolute atomic E-state index is 0.0308. The van der Waals surface area contributed by atoms with Crippen LogP contribution in [-0.4, -0.2) is 23.9 Å². The fourth-order valence-electron chi connectivity index (χ4n) is 2.74. The van der Waals surface area contributed by atoms with Gasteiger partial charge in [0.05, 0.1) is 5.56 Å². The lowest BCUT2D eigenvalue weighted by atomic mass is 10.2. The molecule has 23 heavy (non-hydrogen) atoms. The van der Waals surface area contributed by atoms with E-state index >= 15 is 0 Å². The van der Waals surface area contributed by atoms with Crippen molar-refractivity contribution in [2.24, 2.45) is 0 Å². The van der Waals surface area contributed by atoms with Crippen LogP contribution in [0.5, 0.6) is 5.75 Å². The van der Waals surface area contributed by atoms with Crippen LogP contribution in [0, 0.1) is 0 Å². The minimum atomic E-state index is 0.0308. The number of nitrogens with one attached hydrogen (secondary N) is 1. The second kappa shape index (κ2) is 7.15. The highest BCUT2D eigenvalue weighted by atomic mass is 32.1. The normalized spacial score (nSPS) is 13.3. The van der Waals surface area contributed by atoms with Crippen LogP contribution in [0.25, 0.3) is 0 Å². The molecule has 1 amide bonds. The summed E-state index contributed by atoms with van der Waals surface area (Å²) in [7, 11) is 0. The van der Waals surface area contributed by atoms with E-state index in [-0.39, 0.29) is 5.91 Å². The average Bonchev–Trinajstić information content (AvgIpc) is 3.15. The minimum Gasteiger partial charge on any atom is -0.488 e. The van der Waals surface area contributed by atoms with Gasteiger partial charge < -0.3 is 10.1 Å². The molecule has 0 aliphatic carbocycles. The van der Waals surface area contributed by atoms with E-state index in [2.05, 4.69) is 36.2 Å². The molecule has 5 heteroatoms. The average molecular weight is 330 g/mol. The Kier molecular flexibility index (Phi) is 4.98. The molecule has 1 aromatic carbocycles. The Morgan fingerprint density at radius 1 is 1.22 bits per heavy atom. The van der Waals surface area contributed by atoms with Crippen LogP contribution in [0.2, 0.25) is 0 Å². The fourth-order valence-corrected chi connectivity index (χ4v) is 3.70. The van der Waals surface area contributed by atoms with Crippen LogP contribution in [0.4, 0.5) is 0 Å². The number of nitrogens with zero attached hydrogens (tertiary/aromatic N) is 1. The van der Waals surface area contributed by atoms with Crippen LogP contribution in [0.15, 0.2) is 29.6 Å². The summed E-state index contributed by atoms with van der Waals surface area (Å²) in [6, 6.07) is 8.29. The van der Waals surface area contributed by atoms with E-state index in [1.807, 2.05) is 17.5 Å². The summed E-state index contributed by atoms with van der Waals surface area (Å²) in [5.74, 6) is 0.899. The van der Waals surface area contributed by atoms with Crippen molar-refractivity contribution in [3.63, 3.8) is 0 Å². The predicted molar refractivity (Wildman–Crippen MR) is 92.9 cm³/mol. The number of thiophene rings is 1. The van der Waals surface area contributed by atoms with Crippen LogP contribution in [0.1, 0.15) is 40.2 Å². The first-order valence-electron chi connectivity index (χ1n) is 8.02. The zero-order valence-corrected chi connectivity index (χ0v) is 14.4. The van der Waals surface area contributed by atoms with Gasteiger partial charge >= 0.3 is 0 Å². The highest BCUT2D eigenvalue weighted by molar-refractivity contribution is 7.10. The molecule has 1 aliphatic rings. The van der Waals surface area contributed by atoms with Crippen LogP contribution >= 0.6 is 11.3 Å². The third-order valence-electron chi connectivity index (χ3n) is 4.24. The molecule has 2 aromatic rings. The molecule has 0 unspecified atom stereocenters. The van der Waals surface area contributed by atoms with E-state index in [4.69, 9.17) is 4.74 Å². The first kappa shape index (κ1) is 16.0. The SMILES string of the molecule is CCN(CC)Cc1ccc(OCc2scc3c2CNC3=O)cc1. The lowest BCUT2D eigenvalue weighted by molar-refractivity contribution is 0.0966. The quantitative estimate of drug-likeness (QED) is 0.846. The van der Waals surface area contributed by atoms with E-state index in [0.29, 0.717) is 13.2 Å². The van der Waals surface area contributed by atoms with Gasteiger partial charge in [0, 0.05) is 28.9 Å². The molecular formula is C18H22N2O2S. The highest BCUT2D eigenvalue weighted by Crippen LogP contribution is 2.27. The van der Waals surface area contributed by atoms with Gasteiger partial charge in [-0.3, -0.25) is 9.69 Å². The Bertz CT molecular complexity index is 675. The van der Waals surface area contributed by atoms with Gasteiger partial charge in [-0.1, -0.05) is 26.0 Å². The number of amides is 1. The van der Waals surface area contributed by atoms with Gasteiger partial charge in [-0.2, -0.15) is 0 Å². The molecule has 0 bridgehead atoms. The number of hydrogen-bond acceptors (Lipinski definition) is 4. The molecule has 1 aliphatic heterocycles. The zero-order valence-electron chi connectivity index (χ0n) is 13.6. The standard InChI is InChI=1S/C18H22N2O2S/c1-3-20(4-2)10-13-5-7-14(8-6-13)22-11-17-15-9-19-18(21)16(15)12-23-17/h5-8,12H,3-4,9-11H2,1-2H3,(H,19,21).